The van der Waals surface area contributed by atoms with Crippen molar-refractivity contribution in [2.75, 3.05) is 26.3 Å². The van der Waals surface area contributed by atoms with Crippen LogP contribution in [-0.2, 0) is 22.6 Å². The summed E-state index contributed by atoms with van der Waals surface area (Å²) in [5.41, 5.74) is 2.11. The van der Waals surface area contributed by atoms with Crippen LogP contribution in [0.4, 0.5) is 0 Å². The van der Waals surface area contributed by atoms with E-state index in [4.69, 9.17) is 14.6 Å². The van der Waals surface area contributed by atoms with Crippen molar-refractivity contribution in [1.82, 2.24) is 14.9 Å². The Kier molecular flexibility index (Phi) is 15.9. The van der Waals surface area contributed by atoms with Crippen LogP contribution in [0.2, 0.25) is 0 Å². The first-order valence-electron chi connectivity index (χ1n) is 14.2. The van der Waals surface area contributed by atoms with Crippen LogP contribution in [0.15, 0.2) is 64.3 Å². The van der Waals surface area contributed by atoms with E-state index in [2.05, 4.69) is 10.3 Å². The smallest absolute Gasteiger partial charge is 0.332 e. The minimum atomic E-state index is -0.833. The highest BCUT2D eigenvalue weighted by atomic mass is 16.5. The molecule has 11 nitrogen and oxygen atoms in total. The summed E-state index contributed by atoms with van der Waals surface area (Å²) in [5.74, 6) is -0.800. The summed E-state index contributed by atoms with van der Waals surface area (Å²) in [6.45, 7) is 3.55. The minimum absolute atomic E-state index is 0.0336. The van der Waals surface area contributed by atoms with Gasteiger partial charge in [0.1, 0.15) is 5.75 Å². The highest BCUT2D eigenvalue weighted by molar-refractivity contribution is 5.62. The van der Waals surface area contributed by atoms with E-state index in [1.165, 1.54) is 22.9 Å². The van der Waals surface area contributed by atoms with Gasteiger partial charge in [0, 0.05) is 44.5 Å². The van der Waals surface area contributed by atoms with Crippen molar-refractivity contribution in [1.29, 1.82) is 0 Å². The number of aromatic hydroxyl groups is 1. The topological polar surface area (TPSA) is 174 Å². The number of rotatable bonds is 17. The van der Waals surface area contributed by atoms with Crippen LogP contribution in [0.1, 0.15) is 68.2 Å². The lowest BCUT2D eigenvalue weighted by molar-refractivity contribution is -0.134. The molecule has 0 unspecified atom stereocenters. The number of aliphatic hydroxyl groups excluding tert-OH is 2. The second-order valence-corrected chi connectivity index (χ2v) is 9.92. The Labute approximate surface area is 245 Å². The number of ether oxygens (including phenoxy) is 1. The molecule has 1 atom stereocenters. The van der Waals surface area contributed by atoms with Crippen LogP contribution < -0.4 is 16.6 Å². The SMILES string of the molecule is CC(=O)O.O=c1ccn(-c2cccc(CCCCOCCCCCCNC[C@H](O)c3ccc(O)c(CO)c3)c2)c(=O)[nH]1. The van der Waals surface area contributed by atoms with Crippen LogP contribution in [0.25, 0.3) is 5.69 Å². The molecule has 1 heterocycles. The number of benzene rings is 2. The summed E-state index contributed by atoms with van der Waals surface area (Å²) in [6, 6.07) is 13.9. The lowest BCUT2D eigenvalue weighted by atomic mass is 10.1. The zero-order chi connectivity index (χ0) is 30.7. The fourth-order valence-corrected chi connectivity index (χ4v) is 4.22. The number of aliphatic carboxylic acids is 1. The molecule has 0 radical (unpaired) electrons. The number of carbonyl (C=O) groups is 1. The van der Waals surface area contributed by atoms with E-state index in [0.29, 0.717) is 17.7 Å². The fourth-order valence-electron chi connectivity index (χ4n) is 4.22. The fraction of sp³-hybridized carbons (Fsp3) is 0.452. The molecule has 0 bridgehead atoms. The Morgan fingerprint density at radius 3 is 2.43 bits per heavy atom. The van der Waals surface area contributed by atoms with Crippen molar-refractivity contribution in [2.24, 2.45) is 0 Å². The molecule has 3 aromatic rings. The van der Waals surface area contributed by atoms with Crippen molar-refractivity contribution >= 4 is 5.97 Å². The summed E-state index contributed by atoms with van der Waals surface area (Å²) < 4.78 is 7.19. The van der Waals surface area contributed by atoms with Crippen molar-refractivity contribution in [3.63, 3.8) is 0 Å². The van der Waals surface area contributed by atoms with Gasteiger partial charge in [-0.05, 0) is 74.0 Å². The number of nitrogens with zero attached hydrogens (tertiary/aromatic N) is 1. The van der Waals surface area contributed by atoms with Gasteiger partial charge in [0.05, 0.1) is 18.4 Å². The van der Waals surface area contributed by atoms with Gasteiger partial charge in [0.25, 0.3) is 11.5 Å². The Balaban J connectivity index is 0.00000144. The van der Waals surface area contributed by atoms with Gasteiger partial charge in [-0.15, -0.1) is 0 Å². The van der Waals surface area contributed by atoms with Crippen molar-refractivity contribution in [3.8, 4) is 11.4 Å². The number of hydrogen-bond acceptors (Lipinski definition) is 8. The van der Waals surface area contributed by atoms with Crippen molar-refractivity contribution in [3.05, 3.63) is 92.3 Å². The molecule has 2 aromatic carbocycles. The number of carboxylic acid groups (broad SMARTS) is 1. The van der Waals surface area contributed by atoms with Crippen molar-refractivity contribution in [2.45, 2.75) is 64.6 Å². The average molecular weight is 586 g/mol. The second-order valence-electron chi connectivity index (χ2n) is 9.92. The monoisotopic (exact) mass is 585 g/mol. The molecule has 0 saturated carbocycles. The molecular weight excluding hydrogens is 542 g/mol. The van der Waals surface area contributed by atoms with Gasteiger partial charge in [0.2, 0.25) is 0 Å². The van der Waals surface area contributed by atoms with Gasteiger partial charge >= 0.3 is 5.69 Å². The molecule has 0 amide bonds. The third kappa shape index (κ3) is 13.3. The van der Waals surface area contributed by atoms with Crippen LogP contribution >= 0.6 is 0 Å². The second kappa shape index (κ2) is 19.4. The number of hydrogen-bond donors (Lipinski definition) is 6. The largest absolute Gasteiger partial charge is 0.508 e. The van der Waals surface area contributed by atoms with Crippen molar-refractivity contribution < 1.29 is 30.0 Å². The van der Waals surface area contributed by atoms with Gasteiger partial charge in [-0.1, -0.05) is 31.0 Å². The zero-order valence-corrected chi connectivity index (χ0v) is 24.1. The molecule has 3 rings (SSSR count). The third-order valence-electron chi connectivity index (χ3n) is 6.41. The average Bonchev–Trinajstić information content (AvgIpc) is 2.95. The predicted molar refractivity (Wildman–Crippen MR) is 160 cm³/mol. The van der Waals surface area contributed by atoms with Gasteiger partial charge in [0.15, 0.2) is 0 Å². The van der Waals surface area contributed by atoms with E-state index >= 15 is 0 Å². The van der Waals surface area contributed by atoms with Crippen LogP contribution in [0.3, 0.4) is 0 Å². The number of aromatic nitrogens is 2. The Morgan fingerprint density at radius 2 is 1.71 bits per heavy atom. The molecule has 0 fully saturated rings. The molecule has 0 aliphatic heterocycles. The third-order valence-corrected chi connectivity index (χ3v) is 6.41. The number of phenols is 1. The summed E-state index contributed by atoms with van der Waals surface area (Å²) >= 11 is 0. The molecule has 0 spiro atoms. The van der Waals surface area contributed by atoms with E-state index in [1.807, 2.05) is 24.3 Å². The number of unbranched alkanes of at least 4 members (excludes halogenated alkanes) is 4. The number of aliphatic hydroxyl groups is 2. The van der Waals surface area contributed by atoms with E-state index in [0.717, 1.165) is 82.9 Å². The Hall–Kier alpha value is -3.77. The maximum absolute atomic E-state index is 12.0. The summed E-state index contributed by atoms with van der Waals surface area (Å²) in [5, 5.41) is 39.8. The molecule has 11 heteroatoms. The van der Waals surface area contributed by atoms with E-state index in [-0.39, 0.29) is 12.4 Å². The summed E-state index contributed by atoms with van der Waals surface area (Å²) in [4.78, 5) is 34.5. The van der Waals surface area contributed by atoms with Crippen LogP contribution in [0, 0.1) is 0 Å². The lowest BCUT2D eigenvalue weighted by Crippen LogP contribution is -2.27. The quantitative estimate of drug-likeness (QED) is 0.130. The molecule has 0 aliphatic carbocycles. The van der Waals surface area contributed by atoms with Gasteiger partial charge in [-0.25, -0.2) is 4.79 Å². The number of aromatic amines is 1. The first kappa shape index (κ1) is 34.4. The molecule has 1 aromatic heterocycles. The van der Waals surface area contributed by atoms with E-state index in [9.17, 15) is 24.9 Å². The highest BCUT2D eigenvalue weighted by Gasteiger charge is 2.10. The first-order valence-corrected chi connectivity index (χ1v) is 14.2. The normalized spacial score (nSPS) is 11.5. The number of carboxylic acids is 1. The Morgan fingerprint density at radius 1 is 1.00 bits per heavy atom. The Bertz CT molecular complexity index is 1330. The molecule has 6 N–H and O–H groups in total. The summed E-state index contributed by atoms with van der Waals surface area (Å²) in [6.07, 6.45) is 7.90. The molecule has 0 aliphatic rings. The zero-order valence-electron chi connectivity index (χ0n) is 24.1. The molecule has 0 saturated heterocycles. The van der Waals surface area contributed by atoms with Crippen LogP contribution in [0.5, 0.6) is 5.75 Å². The van der Waals surface area contributed by atoms with E-state index < -0.39 is 23.3 Å². The lowest BCUT2D eigenvalue weighted by Gasteiger charge is -2.14. The van der Waals surface area contributed by atoms with Gasteiger partial charge in [-0.3, -0.25) is 19.1 Å². The molecular formula is C31H43N3O8. The maximum Gasteiger partial charge on any atom is 0.332 e. The van der Waals surface area contributed by atoms with Gasteiger partial charge < -0.3 is 30.5 Å². The number of aryl methyl sites for hydroxylation is 1. The van der Waals surface area contributed by atoms with E-state index in [1.54, 1.807) is 12.1 Å². The van der Waals surface area contributed by atoms with Gasteiger partial charge in [-0.2, -0.15) is 0 Å². The number of nitrogens with one attached hydrogen (secondary N) is 2. The first-order chi connectivity index (χ1) is 20.2. The summed E-state index contributed by atoms with van der Waals surface area (Å²) in [7, 11) is 0. The predicted octanol–water partition coefficient (Wildman–Crippen LogP) is 3.04. The number of H-pyrrole nitrogens is 1. The van der Waals surface area contributed by atoms with Crippen LogP contribution in [-0.4, -0.2) is 62.2 Å². The maximum atomic E-state index is 12.0. The highest BCUT2D eigenvalue weighted by Crippen LogP contribution is 2.22. The standard InChI is InChI=1S/C29H39N3O6.C2H4O2/c33-21-24-19-23(11-12-26(24)34)27(35)20-30-14-4-1-2-5-16-38-17-6-3-8-22-9-7-10-25(18-22)32-15-13-28(36)31-29(32)37;1-2(3)4/h7,9-13,15,18-19,27,30,33-35H,1-6,8,14,16-17,20-21H2,(H,31,36,37);1H3,(H,3,4)/t27-;/m0./s1. The minimum Gasteiger partial charge on any atom is -0.508 e. The molecule has 230 valence electrons. The molecule has 42 heavy (non-hydrogen) atoms.